The zero-order chi connectivity index (χ0) is 18.6. The zero-order valence-corrected chi connectivity index (χ0v) is 13.8. The standard InChI is InChI=1S/C15H14FN3O5S/c1-10(18-25(23,24)14-7-5-11(16)6-8-14)15(20)17-12-3-2-4-13(9-12)19(21)22/h2-10,18H,1H3,(H,17,20)/t10-/m1/s1. The number of halogens is 1. The minimum atomic E-state index is -4.02. The van der Waals surface area contributed by atoms with Gasteiger partial charge in [0.1, 0.15) is 5.82 Å². The first kappa shape index (κ1) is 18.5. The summed E-state index contributed by atoms with van der Waals surface area (Å²) in [5.74, 6) is -1.29. The van der Waals surface area contributed by atoms with Crippen molar-refractivity contribution in [1.82, 2.24) is 4.72 Å². The van der Waals surface area contributed by atoms with Crippen LogP contribution < -0.4 is 10.0 Å². The van der Waals surface area contributed by atoms with E-state index in [1.54, 1.807) is 0 Å². The van der Waals surface area contributed by atoms with Gasteiger partial charge in [0.2, 0.25) is 15.9 Å². The largest absolute Gasteiger partial charge is 0.324 e. The Morgan fingerprint density at radius 2 is 1.84 bits per heavy atom. The van der Waals surface area contributed by atoms with Gasteiger partial charge in [0.05, 0.1) is 15.9 Å². The fourth-order valence-corrected chi connectivity index (χ4v) is 3.12. The number of amides is 1. The van der Waals surface area contributed by atoms with E-state index in [-0.39, 0.29) is 16.3 Å². The Balaban J connectivity index is 2.08. The van der Waals surface area contributed by atoms with Crippen molar-refractivity contribution in [3.63, 3.8) is 0 Å². The Morgan fingerprint density at radius 3 is 2.44 bits per heavy atom. The Hall–Kier alpha value is -2.85. The van der Waals surface area contributed by atoms with Crippen LogP contribution in [0.4, 0.5) is 15.8 Å². The molecule has 2 rings (SSSR count). The molecule has 0 bridgehead atoms. The lowest BCUT2D eigenvalue weighted by Crippen LogP contribution is -2.41. The number of nitro groups is 1. The molecular weight excluding hydrogens is 353 g/mol. The quantitative estimate of drug-likeness (QED) is 0.598. The third kappa shape index (κ3) is 4.81. The molecule has 8 nitrogen and oxygen atoms in total. The maximum absolute atomic E-state index is 12.9. The summed E-state index contributed by atoms with van der Waals surface area (Å²) < 4.78 is 39.3. The predicted molar refractivity (Wildman–Crippen MR) is 87.9 cm³/mol. The Morgan fingerprint density at radius 1 is 1.20 bits per heavy atom. The van der Waals surface area contributed by atoms with E-state index in [1.807, 2.05) is 0 Å². The van der Waals surface area contributed by atoms with E-state index in [9.17, 15) is 27.7 Å². The van der Waals surface area contributed by atoms with E-state index >= 15 is 0 Å². The first-order valence-corrected chi connectivity index (χ1v) is 8.50. The number of nitrogens with zero attached hydrogens (tertiary/aromatic N) is 1. The maximum Gasteiger partial charge on any atom is 0.271 e. The van der Waals surface area contributed by atoms with E-state index in [1.165, 1.54) is 25.1 Å². The highest BCUT2D eigenvalue weighted by molar-refractivity contribution is 7.89. The Labute approximate surface area is 142 Å². The summed E-state index contributed by atoms with van der Waals surface area (Å²) in [5, 5.41) is 13.1. The number of nitrogens with one attached hydrogen (secondary N) is 2. The molecule has 0 unspecified atom stereocenters. The molecule has 0 aliphatic rings. The molecule has 0 fully saturated rings. The fraction of sp³-hybridized carbons (Fsp3) is 0.133. The van der Waals surface area contributed by atoms with Gasteiger partial charge in [-0.15, -0.1) is 0 Å². The second-order valence-electron chi connectivity index (χ2n) is 5.09. The molecule has 0 radical (unpaired) electrons. The van der Waals surface area contributed by atoms with Gasteiger partial charge in [0.25, 0.3) is 5.69 Å². The maximum atomic E-state index is 12.9. The third-order valence-electron chi connectivity index (χ3n) is 3.17. The molecule has 0 heterocycles. The number of sulfonamides is 1. The highest BCUT2D eigenvalue weighted by atomic mass is 32.2. The lowest BCUT2D eigenvalue weighted by molar-refractivity contribution is -0.384. The summed E-state index contributed by atoms with van der Waals surface area (Å²) in [6.07, 6.45) is 0. The number of nitro benzene ring substituents is 1. The van der Waals surface area contributed by atoms with Crippen LogP contribution in [-0.4, -0.2) is 25.3 Å². The number of hydrogen-bond acceptors (Lipinski definition) is 5. The molecule has 10 heteroatoms. The van der Waals surface area contributed by atoms with Crippen molar-refractivity contribution in [2.24, 2.45) is 0 Å². The molecule has 132 valence electrons. The van der Waals surface area contributed by atoms with E-state index in [2.05, 4.69) is 10.0 Å². The van der Waals surface area contributed by atoms with Crippen LogP contribution in [0.1, 0.15) is 6.92 Å². The average Bonchev–Trinajstić information content (AvgIpc) is 2.55. The van der Waals surface area contributed by atoms with Crippen molar-refractivity contribution in [3.8, 4) is 0 Å². The van der Waals surface area contributed by atoms with Crippen molar-refractivity contribution >= 4 is 27.3 Å². The van der Waals surface area contributed by atoms with E-state index in [0.29, 0.717) is 0 Å². The van der Waals surface area contributed by atoms with Gasteiger partial charge in [-0.2, -0.15) is 4.72 Å². The number of rotatable bonds is 6. The molecule has 0 saturated carbocycles. The molecule has 1 amide bonds. The number of anilines is 1. The molecule has 0 spiro atoms. The molecule has 2 aromatic carbocycles. The summed E-state index contributed by atoms with van der Waals surface area (Å²) in [7, 11) is -4.02. The molecule has 0 aliphatic carbocycles. The first-order valence-electron chi connectivity index (χ1n) is 7.02. The summed E-state index contributed by atoms with van der Waals surface area (Å²) in [6, 6.07) is 8.20. The first-order chi connectivity index (χ1) is 11.7. The molecule has 25 heavy (non-hydrogen) atoms. The van der Waals surface area contributed by atoms with Crippen LogP contribution in [0, 0.1) is 15.9 Å². The highest BCUT2D eigenvalue weighted by Gasteiger charge is 2.22. The van der Waals surface area contributed by atoms with Crippen LogP contribution in [-0.2, 0) is 14.8 Å². The molecule has 0 saturated heterocycles. The van der Waals surface area contributed by atoms with Gasteiger partial charge in [-0.1, -0.05) is 6.07 Å². The number of carbonyl (C=O) groups excluding carboxylic acids is 1. The van der Waals surface area contributed by atoms with E-state index < -0.39 is 32.7 Å². The lowest BCUT2D eigenvalue weighted by atomic mass is 10.2. The van der Waals surface area contributed by atoms with E-state index in [0.717, 1.165) is 30.3 Å². The van der Waals surface area contributed by atoms with Crippen molar-refractivity contribution in [1.29, 1.82) is 0 Å². The van der Waals surface area contributed by atoms with E-state index in [4.69, 9.17) is 0 Å². The zero-order valence-electron chi connectivity index (χ0n) is 13.0. The minimum Gasteiger partial charge on any atom is -0.324 e. The van der Waals surface area contributed by atoms with Crippen molar-refractivity contribution in [2.75, 3.05) is 5.32 Å². The molecule has 2 aromatic rings. The Kier molecular flexibility index (Phi) is 5.45. The van der Waals surface area contributed by atoms with Crippen molar-refractivity contribution in [2.45, 2.75) is 17.9 Å². The molecule has 0 aliphatic heterocycles. The average molecular weight is 367 g/mol. The van der Waals surface area contributed by atoms with Gasteiger partial charge in [0.15, 0.2) is 0 Å². The van der Waals surface area contributed by atoms with Crippen LogP contribution in [0.15, 0.2) is 53.4 Å². The monoisotopic (exact) mass is 367 g/mol. The van der Waals surface area contributed by atoms with Crippen LogP contribution in [0.25, 0.3) is 0 Å². The number of non-ortho nitro benzene ring substituents is 1. The number of hydrogen-bond donors (Lipinski definition) is 2. The summed E-state index contributed by atoms with van der Waals surface area (Å²) >= 11 is 0. The summed E-state index contributed by atoms with van der Waals surface area (Å²) in [4.78, 5) is 22.0. The Bertz CT molecular complexity index is 900. The fourth-order valence-electron chi connectivity index (χ4n) is 1.92. The second-order valence-corrected chi connectivity index (χ2v) is 6.81. The molecular formula is C15H14FN3O5S. The lowest BCUT2D eigenvalue weighted by Gasteiger charge is -2.14. The normalized spacial score (nSPS) is 12.4. The smallest absolute Gasteiger partial charge is 0.271 e. The second kappa shape index (κ2) is 7.36. The van der Waals surface area contributed by atoms with Gasteiger partial charge in [-0.25, -0.2) is 12.8 Å². The topological polar surface area (TPSA) is 118 Å². The van der Waals surface area contributed by atoms with Crippen molar-refractivity contribution < 1.29 is 22.5 Å². The highest BCUT2D eigenvalue weighted by Crippen LogP contribution is 2.17. The molecule has 1 atom stereocenters. The third-order valence-corrected chi connectivity index (χ3v) is 4.73. The van der Waals surface area contributed by atoms with Gasteiger partial charge >= 0.3 is 0 Å². The van der Waals surface area contributed by atoms with Gasteiger partial charge in [0, 0.05) is 17.8 Å². The number of carbonyl (C=O) groups is 1. The molecule has 2 N–H and O–H groups in total. The van der Waals surface area contributed by atoms with Gasteiger partial charge in [-0.05, 0) is 37.3 Å². The molecule has 0 aromatic heterocycles. The van der Waals surface area contributed by atoms with Gasteiger partial charge in [-0.3, -0.25) is 14.9 Å². The van der Waals surface area contributed by atoms with Crippen LogP contribution >= 0.6 is 0 Å². The summed E-state index contributed by atoms with van der Waals surface area (Å²) in [5.41, 5.74) is -0.0515. The van der Waals surface area contributed by atoms with Crippen LogP contribution in [0.5, 0.6) is 0 Å². The predicted octanol–water partition coefficient (Wildman–Crippen LogP) is 2.04. The summed E-state index contributed by atoms with van der Waals surface area (Å²) in [6.45, 7) is 1.31. The van der Waals surface area contributed by atoms with Crippen LogP contribution in [0.2, 0.25) is 0 Å². The SMILES string of the molecule is C[C@@H](NS(=O)(=O)c1ccc(F)cc1)C(=O)Nc1cccc([N+](=O)[O-])c1. The van der Waals surface area contributed by atoms with Gasteiger partial charge < -0.3 is 5.32 Å². The minimum absolute atomic E-state index is 0.159. The van der Waals surface area contributed by atoms with Crippen molar-refractivity contribution in [3.05, 3.63) is 64.5 Å². The van der Waals surface area contributed by atoms with Crippen LogP contribution in [0.3, 0.4) is 0 Å². The number of benzene rings is 2.